The summed E-state index contributed by atoms with van der Waals surface area (Å²) in [6, 6.07) is 74.0. The standard InChI is InChI=1S/C48H34N2S/c1-3-12-35(13-4-1)37-22-28-41(29-23-37)49(42-30-24-38(25-31-42)36-14-5-2-6-15-36)43-32-26-39(27-33-43)40-16-11-17-44(34-40)50-45-18-7-9-20-47(45)51-48-21-10-8-19-46(48)50/h1-34H. The number of rotatable bonds is 7. The van der Waals surface area contributed by atoms with E-state index in [1.165, 1.54) is 54.5 Å². The smallest absolute Gasteiger partial charge is 0.0601 e. The van der Waals surface area contributed by atoms with E-state index in [1.54, 1.807) is 0 Å². The van der Waals surface area contributed by atoms with Gasteiger partial charge in [0, 0.05) is 32.5 Å². The zero-order chi connectivity index (χ0) is 34.0. The molecule has 9 rings (SSSR count). The molecule has 51 heavy (non-hydrogen) atoms. The fourth-order valence-electron chi connectivity index (χ4n) is 6.92. The lowest BCUT2D eigenvalue weighted by atomic mass is 10.0. The molecule has 0 saturated carbocycles. The van der Waals surface area contributed by atoms with E-state index in [2.05, 4.69) is 216 Å². The van der Waals surface area contributed by atoms with Gasteiger partial charge in [-0.2, -0.15) is 0 Å². The highest BCUT2D eigenvalue weighted by atomic mass is 32.2. The number of nitrogens with zero attached hydrogens (tertiary/aromatic N) is 2. The van der Waals surface area contributed by atoms with E-state index < -0.39 is 0 Å². The van der Waals surface area contributed by atoms with E-state index in [0.29, 0.717) is 0 Å². The van der Waals surface area contributed by atoms with Gasteiger partial charge in [0.2, 0.25) is 0 Å². The minimum absolute atomic E-state index is 1.10. The summed E-state index contributed by atoms with van der Waals surface area (Å²) in [5.41, 5.74) is 14.1. The van der Waals surface area contributed by atoms with Gasteiger partial charge in [-0.05, 0) is 106 Å². The average Bonchev–Trinajstić information content (AvgIpc) is 3.21. The van der Waals surface area contributed by atoms with Crippen molar-refractivity contribution in [1.29, 1.82) is 0 Å². The lowest BCUT2D eigenvalue weighted by molar-refractivity contribution is 1.17. The van der Waals surface area contributed by atoms with Crippen LogP contribution >= 0.6 is 11.8 Å². The Morgan fingerprint density at radius 3 is 1.16 bits per heavy atom. The second kappa shape index (κ2) is 13.5. The molecule has 242 valence electrons. The van der Waals surface area contributed by atoms with Crippen molar-refractivity contribution in [3.05, 3.63) is 206 Å². The van der Waals surface area contributed by atoms with Gasteiger partial charge in [0.05, 0.1) is 11.4 Å². The van der Waals surface area contributed by atoms with Crippen LogP contribution in [0.5, 0.6) is 0 Å². The average molecular weight is 671 g/mol. The summed E-state index contributed by atoms with van der Waals surface area (Å²) in [6.07, 6.45) is 0. The maximum atomic E-state index is 2.39. The first kappa shape index (κ1) is 30.7. The van der Waals surface area contributed by atoms with Crippen molar-refractivity contribution in [3.8, 4) is 33.4 Å². The molecule has 1 aliphatic heterocycles. The third kappa shape index (κ3) is 6.09. The van der Waals surface area contributed by atoms with E-state index in [4.69, 9.17) is 0 Å². The molecule has 0 atom stereocenters. The predicted molar refractivity (Wildman–Crippen MR) is 216 cm³/mol. The SMILES string of the molecule is c1ccc(-c2ccc(N(c3ccc(-c4ccccc4)cc3)c3ccc(-c4cccc(N5c6ccccc6Sc6ccccc65)c4)cc3)cc2)cc1. The molecule has 0 amide bonds. The second-order valence-electron chi connectivity index (χ2n) is 12.6. The van der Waals surface area contributed by atoms with E-state index in [-0.39, 0.29) is 0 Å². The Kier molecular flexibility index (Phi) is 8.17. The zero-order valence-corrected chi connectivity index (χ0v) is 28.7. The maximum absolute atomic E-state index is 2.39. The van der Waals surface area contributed by atoms with E-state index in [1.807, 2.05) is 11.8 Å². The van der Waals surface area contributed by atoms with Crippen molar-refractivity contribution >= 4 is 45.9 Å². The molecule has 1 aliphatic rings. The Bertz CT molecular complexity index is 2290. The highest BCUT2D eigenvalue weighted by Gasteiger charge is 2.24. The molecular weight excluding hydrogens is 637 g/mol. The molecule has 0 radical (unpaired) electrons. The molecule has 3 heteroatoms. The first-order valence-corrected chi connectivity index (χ1v) is 18.1. The molecule has 8 aromatic carbocycles. The fraction of sp³-hybridized carbons (Fsp3) is 0. The fourth-order valence-corrected chi connectivity index (χ4v) is 7.98. The molecule has 0 saturated heterocycles. The van der Waals surface area contributed by atoms with Crippen LogP contribution < -0.4 is 9.80 Å². The van der Waals surface area contributed by atoms with Gasteiger partial charge in [-0.15, -0.1) is 0 Å². The van der Waals surface area contributed by atoms with Crippen molar-refractivity contribution in [2.24, 2.45) is 0 Å². The van der Waals surface area contributed by atoms with Crippen LogP contribution in [0.2, 0.25) is 0 Å². The topological polar surface area (TPSA) is 6.48 Å². The summed E-state index contributed by atoms with van der Waals surface area (Å²) >= 11 is 1.83. The van der Waals surface area contributed by atoms with Crippen LogP contribution in [0.25, 0.3) is 33.4 Å². The number of anilines is 6. The van der Waals surface area contributed by atoms with Gasteiger partial charge in [0.1, 0.15) is 0 Å². The van der Waals surface area contributed by atoms with Gasteiger partial charge < -0.3 is 9.80 Å². The third-order valence-electron chi connectivity index (χ3n) is 9.46. The number of hydrogen-bond donors (Lipinski definition) is 0. The van der Waals surface area contributed by atoms with Crippen molar-refractivity contribution in [2.75, 3.05) is 9.80 Å². The van der Waals surface area contributed by atoms with Crippen LogP contribution in [0.1, 0.15) is 0 Å². The van der Waals surface area contributed by atoms with Crippen molar-refractivity contribution < 1.29 is 0 Å². The molecule has 2 nitrogen and oxygen atoms in total. The Morgan fingerprint density at radius 1 is 0.314 bits per heavy atom. The summed E-state index contributed by atoms with van der Waals surface area (Å²) in [5, 5.41) is 0. The molecule has 1 heterocycles. The normalized spacial score (nSPS) is 11.8. The van der Waals surface area contributed by atoms with Crippen molar-refractivity contribution in [2.45, 2.75) is 9.79 Å². The molecule has 0 N–H and O–H groups in total. The van der Waals surface area contributed by atoms with Crippen LogP contribution in [-0.2, 0) is 0 Å². The number of fused-ring (bicyclic) bond motifs is 2. The van der Waals surface area contributed by atoms with Gasteiger partial charge >= 0.3 is 0 Å². The Morgan fingerprint density at radius 2 is 0.686 bits per heavy atom. The maximum Gasteiger partial charge on any atom is 0.0601 e. The van der Waals surface area contributed by atoms with E-state index >= 15 is 0 Å². The van der Waals surface area contributed by atoms with Crippen molar-refractivity contribution in [3.63, 3.8) is 0 Å². The molecule has 0 fully saturated rings. The lowest BCUT2D eigenvalue weighted by Gasteiger charge is -2.33. The molecule has 0 bridgehead atoms. The third-order valence-corrected chi connectivity index (χ3v) is 10.6. The summed E-state index contributed by atoms with van der Waals surface area (Å²) in [7, 11) is 0. The largest absolute Gasteiger partial charge is 0.311 e. The summed E-state index contributed by atoms with van der Waals surface area (Å²) < 4.78 is 0. The molecule has 0 aromatic heterocycles. The van der Waals surface area contributed by atoms with Gasteiger partial charge in [-0.3, -0.25) is 0 Å². The Balaban J connectivity index is 1.07. The lowest BCUT2D eigenvalue weighted by Crippen LogP contribution is -2.14. The Labute approximate surface area is 303 Å². The molecule has 0 unspecified atom stereocenters. The predicted octanol–water partition coefficient (Wildman–Crippen LogP) is 14.1. The highest BCUT2D eigenvalue weighted by Crippen LogP contribution is 2.51. The van der Waals surface area contributed by atoms with Crippen LogP contribution in [0.4, 0.5) is 34.1 Å². The van der Waals surface area contributed by atoms with Crippen LogP contribution in [0.3, 0.4) is 0 Å². The summed E-state index contributed by atoms with van der Waals surface area (Å²) in [4.78, 5) is 7.25. The summed E-state index contributed by atoms with van der Waals surface area (Å²) in [6.45, 7) is 0. The minimum Gasteiger partial charge on any atom is -0.311 e. The second-order valence-corrected chi connectivity index (χ2v) is 13.7. The molecule has 0 aliphatic carbocycles. The van der Waals surface area contributed by atoms with Gasteiger partial charge in [-0.25, -0.2) is 0 Å². The van der Waals surface area contributed by atoms with Crippen LogP contribution in [-0.4, -0.2) is 0 Å². The monoisotopic (exact) mass is 670 g/mol. The van der Waals surface area contributed by atoms with E-state index in [9.17, 15) is 0 Å². The summed E-state index contributed by atoms with van der Waals surface area (Å²) in [5.74, 6) is 0. The van der Waals surface area contributed by atoms with Crippen molar-refractivity contribution in [1.82, 2.24) is 0 Å². The van der Waals surface area contributed by atoms with Gasteiger partial charge in [0.15, 0.2) is 0 Å². The van der Waals surface area contributed by atoms with Crippen LogP contribution in [0.15, 0.2) is 216 Å². The zero-order valence-electron chi connectivity index (χ0n) is 27.9. The molecule has 8 aromatic rings. The highest BCUT2D eigenvalue weighted by molar-refractivity contribution is 7.99. The Hall–Kier alpha value is -6.29. The van der Waals surface area contributed by atoms with E-state index in [0.717, 1.165) is 22.7 Å². The molecular formula is C48H34N2S. The first-order chi connectivity index (χ1) is 25.3. The molecule has 0 spiro atoms. The van der Waals surface area contributed by atoms with Gasteiger partial charge in [0.25, 0.3) is 0 Å². The van der Waals surface area contributed by atoms with Crippen LogP contribution in [0, 0.1) is 0 Å². The number of hydrogen-bond acceptors (Lipinski definition) is 3. The minimum atomic E-state index is 1.10. The quantitative estimate of drug-likeness (QED) is 0.167. The number of para-hydroxylation sites is 2. The number of benzene rings is 8. The van der Waals surface area contributed by atoms with Gasteiger partial charge in [-0.1, -0.05) is 145 Å². The first-order valence-electron chi connectivity index (χ1n) is 17.3.